The molecule has 6 heteroatoms. The summed E-state index contributed by atoms with van der Waals surface area (Å²) in [5.74, 6) is -0.979. The van der Waals surface area contributed by atoms with Gasteiger partial charge in [0.05, 0.1) is 5.69 Å². The third-order valence-electron chi connectivity index (χ3n) is 1.99. The van der Waals surface area contributed by atoms with E-state index in [9.17, 15) is 9.59 Å². The second kappa shape index (κ2) is 3.90. The van der Waals surface area contributed by atoms with E-state index in [0.29, 0.717) is 22.7 Å². The SMILES string of the molecule is Cc1cc(C=O)n(-c2ccc(C(=O)O)s2)n1. The summed E-state index contributed by atoms with van der Waals surface area (Å²) in [5.41, 5.74) is 1.13. The normalized spacial score (nSPS) is 10.3. The van der Waals surface area contributed by atoms with Crippen LogP contribution >= 0.6 is 11.3 Å². The number of carbonyl (C=O) groups excluding carboxylic acids is 1. The van der Waals surface area contributed by atoms with Gasteiger partial charge in [-0.1, -0.05) is 0 Å². The number of carbonyl (C=O) groups is 2. The minimum atomic E-state index is -0.979. The highest BCUT2D eigenvalue weighted by Crippen LogP contribution is 2.21. The number of nitrogens with zero attached hydrogens (tertiary/aromatic N) is 2. The zero-order valence-corrected chi connectivity index (χ0v) is 9.19. The Labute approximate surface area is 94.9 Å². The summed E-state index contributed by atoms with van der Waals surface area (Å²) < 4.78 is 1.44. The van der Waals surface area contributed by atoms with Crippen LogP contribution in [-0.2, 0) is 0 Å². The van der Waals surface area contributed by atoms with E-state index in [1.807, 2.05) is 0 Å². The molecule has 5 nitrogen and oxygen atoms in total. The van der Waals surface area contributed by atoms with E-state index in [1.54, 1.807) is 19.1 Å². The second-order valence-electron chi connectivity index (χ2n) is 3.18. The van der Waals surface area contributed by atoms with Gasteiger partial charge in [-0.15, -0.1) is 11.3 Å². The van der Waals surface area contributed by atoms with Gasteiger partial charge < -0.3 is 5.11 Å². The number of carboxylic acids is 1. The van der Waals surface area contributed by atoms with Gasteiger partial charge in [0.1, 0.15) is 15.6 Å². The second-order valence-corrected chi connectivity index (χ2v) is 4.25. The first kappa shape index (κ1) is 10.6. The molecule has 16 heavy (non-hydrogen) atoms. The summed E-state index contributed by atoms with van der Waals surface area (Å²) in [7, 11) is 0. The van der Waals surface area contributed by atoms with Crippen molar-refractivity contribution in [3.05, 3.63) is 34.5 Å². The highest BCUT2D eigenvalue weighted by atomic mass is 32.1. The first-order valence-corrected chi connectivity index (χ1v) is 5.29. The molecule has 0 unspecified atom stereocenters. The van der Waals surface area contributed by atoms with Gasteiger partial charge in [-0.3, -0.25) is 4.79 Å². The molecule has 0 saturated carbocycles. The van der Waals surface area contributed by atoms with E-state index in [4.69, 9.17) is 5.11 Å². The molecular weight excluding hydrogens is 228 g/mol. The van der Waals surface area contributed by atoms with Crippen LogP contribution in [0.15, 0.2) is 18.2 Å². The van der Waals surface area contributed by atoms with E-state index in [2.05, 4.69) is 5.10 Å². The van der Waals surface area contributed by atoms with E-state index < -0.39 is 5.97 Å². The maximum atomic E-state index is 10.8. The molecule has 0 spiro atoms. The van der Waals surface area contributed by atoms with Crippen molar-refractivity contribution in [1.29, 1.82) is 0 Å². The van der Waals surface area contributed by atoms with Gasteiger partial charge in [-0.2, -0.15) is 5.10 Å². The fourth-order valence-electron chi connectivity index (χ4n) is 1.34. The Kier molecular flexibility index (Phi) is 2.57. The van der Waals surface area contributed by atoms with Crippen molar-refractivity contribution in [1.82, 2.24) is 9.78 Å². The smallest absolute Gasteiger partial charge is 0.345 e. The van der Waals surface area contributed by atoms with Gasteiger partial charge in [0.2, 0.25) is 0 Å². The highest BCUT2D eigenvalue weighted by Gasteiger charge is 2.12. The minimum Gasteiger partial charge on any atom is -0.477 e. The Bertz CT molecular complexity index is 556. The summed E-state index contributed by atoms with van der Waals surface area (Å²) >= 11 is 1.08. The zero-order valence-electron chi connectivity index (χ0n) is 8.38. The van der Waals surface area contributed by atoms with Crippen LogP contribution in [0.3, 0.4) is 0 Å². The van der Waals surface area contributed by atoms with E-state index in [0.717, 1.165) is 11.3 Å². The van der Waals surface area contributed by atoms with E-state index in [1.165, 1.54) is 10.7 Å². The maximum absolute atomic E-state index is 10.8. The molecule has 0 amide bonds. The van der Waals surface area contributed by atoms with Crippen LogP contribution in [0.1, 0.15) is 25.9 Å². The van der Waals surface area contributed by atoms with E-state index in [-0.39, 0.29) is 4.88 Å². The molecule has 0 aliphatic heterocycles. The summed E-state index contributed by atoms with van der Waals surface area (Å²) in [6.07, 6.45) is 0.695. The number of aromatic carboxylic acids is 1. The highest BCUT2D eigenvalue weighted by molar-refractivity contribution is 7.16. The lowest BCUT2D eigenvalue weighted by Gasteiger charge is -1.97. The van der Waals surface area contributed by atoms with E-state index >= 15 is 0 Å². The Morgan fingerprint density at radius 1 is 1.56 bits per heavy atom. The maximum Gasteiger partial charge on any atom is 0.345 e. The lowest BCUT2D eigenvalue weighted by atomic mass is 10.4. The molecule has 2 aromatic rings. The van der Waals surface area contributed by atoms with Crippen molar-refractivity contribution in [2.75, 3.05) is 0 Å². The Hall–Kier alpha value is -1.95. The molecule has 2 heterocycles. The molecule has 82 valence electrons. The lowest BCUT2D eigenvalue weighted by molar-refractivity contribution is 0.0702. The molecule has 0 aliphatic carbocycles. The molecule has 0 radical (unpaired) electrons. The molecule has 1 N–H and O–H groups in total. The molecule has 0 saturated heterocycles. The van der Waals surface area contributed by atoms with Crippen molar-refractivity contribution < 1.29 is 14.7 Å². The fraction of sp³-hybridized carbons (Fsp3) is 0.100. The van der Waals surface area contributed by atoms with Crippen LogP contribution in [-0.4, -0.2) is 27.1 Å². The number of aldehydes is 1. The predicted octanol–water partition coefficient (Wildman–Crippen LogP) is 1.75. The molecule has 0 aliphatic rings. The molecular formula is C10H8N2O3S. The Morgan fingerprint density at radius 2 is 2.31 bits per heavy atom. The number of hydrogen-bond donors (Lipinski definition) is 1. The topological polar surface area (TPSA) is 72.2 Å². The van der Waals surface area contributed by atoms with Crippen LogP contribution in [0.4, 0.5) is 0 Å². The monoisotopic (exact) mass is 236 g/mol. The Morgan fingerprint density at radius 3 is 2.88 bits per heavy atom. The summed E-state index contributed by atoms with van der Waals surface area (Å²) in [6.45, 7) is 1.77. The lowest BCUT2D eigenvalue weighted by Crippen LogP contribution is -1.98. The van der Waals surface area contributed by atoms with Crippen molar-refractivity contribution in [3.63, 3.8) is 0 Å². The minimum absolute atomic E-state index is 0.222. The molecule has 0 atom stereocenters. The van der Waals surface area contributed by atoms with Crippen LogP contribution in [0.25, 0.3) is 5.00 Å². The van der Waals surface area contributed by atoms with Crippen molar-refractivity contribution in [3.8, 4) is 5.00 Å². The van der Waals surface area contributed by atoms with Gasteiger partial charge in [0.15, 0.2) is 6.29 Å². The Balaban J connectivity index is 2.49. The largest absolute Gasteiger partial charge is 0.477 e. The number of rotatable bonds is 3. The number of carboxylic acid groups (broad SMARTS) is 1. The predicted molar refractivity (Wildman–Crippen MR) is 58.5 cm³/mol. The number of aryl methyl sites for hydroxylation is 1. The van der Waals surface area contributed by atoms with Gasteiger partial charge >= 0.3 is 5.97 Å². The third-order valence-corrected chi connectivity index (χ3v) is 3.04. The van der Waals surface area contributed by atoms with Gasteiger partial charge in [-0.05, 0) is 25.1 Å². The summed E-state index contributed by atoms with van der Waals surface area (Å²) in [6, 6.07) is 4.77. The summed E-state index contributed by atoms with van der Waals surface area (Å²) in [4.78, 5) is 21.7. The van der Waals surface area contributed by atoms with Crippen molar-refractivity contribution in [2.24, 2.45) is 0 Å². The molecule has 2 aromatic heterocycles. The molecule has 0 bridgehead atoms. The van der Waals surface area contributed by atoms with Crippen LogP contribution in [0.5, 0.6) is 0 Å². The van der Waals surface area contributed by atoms with Crippen LogP contribution < -0.4 is 0 Å². The van der Waals surface area contributed by atoms with Crippen LogP contribution in [0, 0.1) is 6.92 Å². The first-order chi connectivity index (χ1) is 7.61. The van der Waals surface area contributed by atoms with Crippen molar-refractivity contribution in [2.45, 2.75) is 6.92 Å². The molecule has 2 rings (SSSR count). The molecule has 0 aromatic carbocycles. The van der Waals surface area contributed by atoms with Crippen LogP contribution in [0.2, 0.25) is 0 Å². The third kappa shape index (κ3) is 1.74. The zero-order chi connectivity index (χ0) is 11.7. The average molecular weight is 236 g/mol. The number of thiophene rings is 1. The fourth-order valence-corrected chi connectivity index (χ4v) is 2.15. The van der Waals surface area contributed by atoms with Crippen molar-refractivity contribution >= 4 is 23.6 Å². The first-order valence-electron chi connectivity index (χ1n) is 4.47. The average Bonchev–Trinajstić information content (AvgIpc) is 2.82. The standard InChI is InChI=1S/C10H8N2O3S/c1-6-4-7(5-13)12(11-6)9-3-2-8(16-9)10(14)15/h2-5H,1H3,(H,14,15). The number of hydrogen-bond acceptors (Lipinski definition) is 4. The van der Waals surface area contributed by atoms with Gasteiger partial charge in [0.25, 0.3) is 0 Å². The number of aromatic nitrogens is 2. The summed E-state index contributed by atoms with van der Waals surface area (Å²) in [5, 5.41) is 13.5. The van der Waals surface area contributed by atoms with Gasteiger partial charge in [-0.25, -0.2) is 9.48 Å². The van der Waals surface area contributed by atoms with Gasteiger partial charge in [0, 0.05) is 0 Å². The quantitative estimate of drug-likeness (QED) is 0.824. The molecule has 0 fully saturated rings.